The first-order chi connectivity index (χ1) is 23.3. The molecule has 7 nitrogen and oxygen atoms in total. The normalized spacial score (nSPS) is 14.1. The first-order valence-corrected chi connectivity index (χ1v) is 19.3. The minimum atomic E-state index is -0.884. The quantitative estimate of drug-likeness (QED) is 0.0275. The third-order valence-corrected chi connectivity index (χ3v) is 8.24. The molecular weight excluding hydrogens is 604 g/mol. The second kappa shape index (κ2) is 34.6. The molecule has 0 aromatic rings. The zero-order valence-electron chi connectivity index (χ0n) is 30.9. The van der Waals surface area contributed by atoms with E-state index < -0.39 is 30.9 Å². The summed E-state index contributed by atoms with van der Waals surface area (Å²) in [7, 11) is 0. The van der Waals surface area contributed by atoms with Crippen molar-refractivity contribution in [1.82, 2.24) is 0 Å². The van der Waals surface area contributed by atoms with Crippen molar-refractivity contribution in [2.75, 3.05) is 13.2 Å². The lowest BCUT2D eigenvalue weighted by Gasteiger charge is -2.16. The molecule has 48 heavy (non-hydrogen) atoms. The second-order valence-electron chi connectivity index (χ2n) is 13.5. The van der Waals surface area contributed by atoms with Gasteiger partial charge in [0, 0.05) is 12.8 Å². The summed E-state index contributed by atoms with van der Waals surface area (Å²) in [4.78, 5) is 24.2. The van der Waals surface area contributed by atoms with Gasteiger partial charge in [0.2, 0.25) is 0 Å². The Morgan fingerprint density at radius 3 is 1.77 bits per heavy atom. The fourth-order valence-electron chi connectivity index (χ4n) is 5.23. The average molecular weight is 677 g/mol. The molecule has 3 atom stereocenters. The van der Waals surface area contributed by atoms with Gasteiger partial charge in [-0.2, -0.15) is 0 Å². The molecule has 0 aliphatic carbocycles. The molecular formula is C41H72O7. The van der Waals surface area contributed by atoms with Gasteiger partial charge < -0.3 is 24.8 Å². The fraction of sp³-hybridized carbons (Fsp3) is 0.756. The third kappa shape index (κ3) is 33.7. The number of hydrogen-bond acceptors (Lipinski definition) is 7. The number of aliphatic hydroxyl groups is 3. The van der Waals surface area contributed by atoms with E-state index in [1.54, 1.807) is 36.5 Å². The lowest BCUT2D eigenvalue weighted by molar-refractivity contribution is -0.161. The number of ether oxygens (including phenoxy) is 2. The summed E-state index contributed by atoms with van der Waals surface area (Å²) in [6.07, 6.45) is 35.1. The summed E-state index contributed by atoms with van der Waals surface area (Å²) in [6.45, 7) is 6.20. The average Bonchev–Trinajstić information content (AvgIpc) is 3.06. The standard InChI is InChI=1S/C41H72O7/c1-4-5-6-7-17-22-28-37(43)29-23-19-20-24-30-38(44)31-26-33-41(46)48-39(34-42)35-47-40(45)32-25-18-15-13-11-9-8-10-12-14-16-21-27-36(2)3/h17,19-20,22-24,29-30,36-39,42-44H,4-16,18,21,25-28,31-35H2,1-3H3/b20-19+,22-17-,29-23+,30-24-/t37-,38-,39-/m0/s1. The molecule has 0 bridgehead atoms. The van der Waals surface area contributed by atoms with Crippen LogP contribution in [0.5, 0.6) is 0 Å². The number of allylic oxidation sites excluding steroid dienone is 5. The van der Waals surface area contributed by atoms with Crippen LogP contribution in [-0.2, 0) is 19.1 Å². The van der Waals surface area contributed by atoms with Crippen LogP contribution in [0.1, 0.15) is 162 Å². The van der Waals surface area contributed by atoms with E-state index in [-0.39, 0.29) is 19.0 Å². The molecule has 0 saturated heterocycles. The van der Waals surface area contributed by atoms with Crippen molar-refractivity contribution in [3.63, 3.8) is 0 Å². The zero-order valence-corrected chi connectivity index (χ0v) is 30.9. The summed E-state index contributed by atoms with van der Waals surface area (Å²) in [6, 6.07) is 0. The lowest BCUT2D eigenvalue weighted by Crippen LogP contribution is -2.28. The summed E-state index contributed by atoms with van der Waals surface area (Å²) in [5.74, 6) is -0.00609. The SMILES string of the molecule is CCCCC/C=C\C[C@H](O)/C=C/C=C/C=C\[C@H](O)CCCC(=O)O[C@@H](CO)COC(=O)CCCCCCCCCCCCCCC(C)C. The number of carbonyl (C=O) groups excluding carboxylic acids is 2. The summed E-state index contributed by atoms with van der Waals surface area (Å²) in [5, 5.41) is 29.6. The molecule has 0 spiro atoms. The van der Waals surface area contributed by atoms with Gasteiger partial charge in [0.1, 0.15) is 6.61 Å². The maximum Gasteiger partial charge on any atom is 0.306 e. The molecule has 0 radical (unpaired) electrons. The van der Waals surface area contributed by atoms with Crippen LogP contribution in [0.3, 0.4) is 0 Å². The highest BCUT2D eigenvalue weighted by molar-refractivity contribution is 5.70. The first kappa shape index (κ1) is 45.8. The second-order valence-corrected chi connectivity index (χ2v) is 13.5. The molecule has 7 heteroatoms. The van der Waals surface area contributed by atoms with Gasteiger partial charge in [0.15, 0.2) is 6.10 Å². The number of carbonyl (C=O) groups is 2. The molecule has 3 N–H and O–H groups in total. The van der Waals surface area contributed by atoms with E-state index in [4.69, 9.17) is 9.47 Å². The van der Waals surface area contributed by atoms with Crippen LogP contribution in [0, 0.1) is 5.92 Å². The van der Waals surface area contributed by atoms with E-state index in [0.29, 0.717) is 25.7 Å². The molecule has 0 heterocycles. The van der Waals surface area contributed by atoms with E-state index in [9.17, 15) is 24.9 Å². The molecule has 0 unspecified atom stereocenters. The number of unbranched alkanes of at least 4 members (excludes halogenated alkanes) is 14. The molecule has 0 rings (SSSR count). The van der Waals surface area contributed by atoms with E-state index in [2.05, 4.69) is 26.8 Å². The van der Waals surface area contributed by atoms with Gasteiger partial charge in [0.25, 0.3) is 0 Å². The third-order valence-electron chi connectivity index (χ3n) is 8.24. The number of rotatable bonds is 33. The number of hydrogen-bond donors (Lipinski definition) is 3. The fourth-order valence-corrected chi connectivity index (χ4v) is 5.23. The summed E-state index contributed by atoms with van der Waals surface area (Å²) < 4.78 is 10.5. The Hall–Kier alpha value is -2.22. The van der Waals surface area contributed by atoms with Gasteiger partial charge in [-0.1, -0.05) is 159 Å². The van der Waals surface area contributed by atoms with Gasteiger partial charge >= 0.3 is 11.9 Å². The Balaban J connectivity index is 3.84. The molecule has 0 fully saturated rings. The predicted molar refractivity (Wildman–Crippen MR) is 199 cm³/mol. The van der Waals surface area contributed by atoms with Crippen molar-refractivity contribution in [1.29, 1.82) is 0 Å². The smallest absolute Gasteiger partial charge is 0.306 e. The topological polar surface area (TPSA) is 113 Å². The van der Waals surface area contributed by atoms with Crippen molar-refractivity contribution >= 4 is 11.9 Å². The molecule has 0 aliphatic heterocycles. The van der Waals surface area contributed by atoms with Crippen molar-refractivity contribution in [3.05, 3.63) is 48.6 Å². The molecule has 0 aromatic carbocycles. The molecule has 0 aromatic heterocycles. The van der Waals surface area contributed by atoms with Crippen molar-refractivity contribution in [3.8, 4) is 0 Å². The number of esters is 2. The highest BCUT2D eigenvalue weighted by Crippen LogP contribution is 2.15. The van der Waals surface area contributed by atoms with Crippen LogP contribution in [0.4, 0.5) is 0 Å². The Morgan fingerprint density at radius 2 is 1.19 bits per heavy atom. The van der Waals surface area contributed by atoms with Gasteiger partial charge in [-0.25, -0.2) is 0 Å². The first-order valence-electron chi connectivity index (χ1n) is 19.3. The number of aliphatic hydroxyl groups excluding tert-OH is 3. The van der Waals surface area contributed by atoms with E-state index in [0.717, 1.165) is 31.6 Å². The Labute approximate surface area is 294 Å². The van der Waals surface area contributed by atoms with Crippen LogP contribution in [0.2, 0.25) is 0 Å². The van der Waals surface area contributed by atoms with Crippen molar-refractivity contribution < 1.29 is 34.4 Å². The molecule has 278 valence electrons. The molecule has 0 amide bonds. The maximum absolute atomic E-state index is 12.2. The summed E-state index contributed by atoms with van der Waals surface area (Å²) >= 11 is 0. The maximum atomic E-state index is 12.2. The molecule has 0 aliphatic rings. The van der Waals surface area contributed by atoms with Crippen LogP contribution in [-0.4, -0.2) is 58.8 Å². The lowest BCUT2D eigenvalue weighted by atomic mass is 10.0. The van der Waals surface area contributed by atoms with Crippen molar-refractivity contribution in [2.45, 2.75) is 180 Å². The highest BCUT2D eigenvalue weighted by Gasteiger charge is 2.16. The van der Waals surface area contributed by atoms with Crippen LogP contribution in [0.15, 0.2) is 48.6 Å². The molecule has 0 saturated carbocycles. The largest absolute Gasteiger partial charge is 0.462 e. The van der Waals surface area contributed by atoms with Crippen LogP contribution in [0.25, 0.3) is 0 Å². The van der Waals surface area contributed by atoms with Crippen LogP contribution >= 0.6 is 0 Å². The minimum absolute atomic E-state index is 0.0945. The predicted octanol–water partition coefficient (Wildman–Crippen LogP) is 9.64. The van der Waals surface area contributed by atoms with Gasteiger partial charge in [-0.3, -0.25) is 9.59 Å². The Bertz CT molecular complexity index is 861. The van der Waals surface area contributed by atoms with E-state index >= 15 is 0 Å². The van der Waals surface area contributed by atoms with Gasteiger partial charge in [-0.05, 0) is 44.4 Å². The van der Waals surface area contributed by atoms with E-state index in [1.807, 2.05) is 6.08 Å². The Kier molecular flexibility index (Phi) is 33.0. The van der Waals surface area contributed by atoms with Gasteiger partial charge in [0.05, 0.1) is 18.8 Å². The zero-order chi connectivity index (χ0) is 35.5. The van der Waals surface area contributed by atoms with E-state index in [1.165, 1.54) is 83.5 Å². The Morgan fingerprint density at radius 1 is 0.625 bits per heavy atom. The van der Waals surface area contributed by atoms with Crippen LogP contribution < -0.4 is 0 Å². The highest BCUT2D eigenvalue weighted by atomic mass is 16.6. The monoisotopic (exact) mass is 677 g/mol. The minimum Gasteiger partial charge on any atom is -0.462 e. The van der Waals surface area contributed by atoms with Gasteiger partial charge in [-0.15, -0.1) is 0 Å². The van der Waals surface area contributed by atoms with Crippen molar-refractivity contribution in [2.24, 2.45) is 5.92 Å². The summed E-state index contributed by atoms with van der Waals surface area (Å²) in [5.41, 5.74) is 0.